The van der Waals surface area contributed by atoms with Crippen molar-refractivity contribution < 1.29 is 9.53 Å². The Hall–Kier alpha value is -1.03. The Morgan fingerprint density at radius 1 is 1.40 bits per heavy atom. The monoisotopic (exact) mass is 225 g/mol. The van der Waals surface area contributed by atoms with E-state index in [1.807, 2.05) is 17.5 Å². The average Bonchev–Trinajstić information content (AvgIpc) is 2.71. The van der Waals surface area contributed by atoms with Crippen LogP contribution >= 0.6 is 11.3 Å². The molecular weight excluding hydrogens is 210 g/mol. The maximum atomic E-state index is 11.0. The lowest BCUT2D eigenvalue weighted by atomic mass is 9.83. The minimum Gasteiger partial charge on any atom is -0.437 e. The second kappa shape index (κ2) is 4.23. The summed E-state index contributed by atoms with van der Waals surface area (Å²) in [6.45, 7) is 0. The summed E-state index contributed by atoms with van der Waals surface area (Å²) in [6, 6.07) is 4.01. The smallest absolute Gasteiger partial charge is 0.405 e. The highest BCUT2D eigenvalue weighted by Gasteiger charge is 2.38. The summed E-state index contributed by atoms with van der Waals surface area (Å²) in [4.78, 5) is 12.1. The van der Waals surface area contributed by atoms with Crippen molar-refractivity contribution in [2.75, 3.05) is 0 Å². The van der Waals surface area contributed by atoms with Crippen molar-refractivity contribution in [1.82, 2.24) is 0 Å². The van der Waals surface area contributed by atoms with Crippen molar-refractivity contribution in [3.05, 3.63) is 22.4 Å². The number of nitrogens with two attached hydrogens (primary N) is 1. The van der Waals surface area contributed by atoms with E-state index in [9.17, 15) is 4.79 Å². The number of amides is 1. The number of carbonyl (C=O) groups is 1. The Kier molecular flexibility index (Phi) is 2.95. The molecule has 1 saturated carbocycles. The van der Waals surface area contributed by atoms with Crippen LogP contribution in [-0.4, -0.2) is 6.09 Å². The van der Waals surface area contributed by atoms with Gasteiger partial charge >= 0.3 is 6.09 Å². The number of thiophene rings is 1. The topological polar surface area (TPSA) is 52.3 Å². The first kappa shape index (κ1) is 10.5. The molecule has 0 spiro atoms. The van der Waals surface area contributed by atoms with Gasteiger partial charge in [0, 0.05) is 4.88 Å². The zero-order valence-electron chi connectivity index (χ0n) is 8.57. The van der Waals surface area contributed by atoms with E-state index in [2.05, 4.69) is 0 Å². The molecule has 1 aromatic heterocycles. The first-order chi connectivity index (χ1) is 7.23. The second-order valence-electron chi connectivity index (χ2n) is 3.95. The molecule has 2 rings (SSSR count). The Morgan fingerprint density at radius 3 is 2.67 bits per heavy atom. The van der Waals surface area contributed by atoms with Crippen LogP contribution < -0.4 is 5.73 Å². The first-order valence-electron chi connectivity index (χ1n) is 5.25. The van der Waals surface area contributed by atoms with Gasteiger partial charge in [-0.15, -0.1) is 11.3 Å². The Labute approximate surface area is 93.2 Å². The highest BCUT2D eigenvalue weighted by molar-refractivity contribution is 7.10. The van der Waals surface area contributed by atoms with Gasteiger partial charge in [-0.2, -0.15) is 0 Å². The van der Waals surface area contributed by atoms with E-state index < -0.39 is 11.7 Å². The van der Waals surface area contributed by atoms with Gasteiger partial charge in [0.2, 0.25) is 0 Å². The Morgan fingerprint density at radius 2 is 2.13 bits per heavy atom. The lowest BCUT2D eigenvalue weighted by Gasteiger charge is -2.35. The second-order valence-corrected chi connectivity index (χ2v) is 4.90. The van der Waals surface area contributed by atoms with E-state index in [4.69, 9.17) is 10.5 Å². The number of rotatable bonds is 2. The summed E-state index contributed by atoms with van der Waals surface area (Å²) in [5.74, 6) is 0. The molecule has 1 aromatic rings. The van der Waals surface area contributed by atoms with Crippen LogP contribution in [0.25, 0.3) is 0 Å². The maximum absolute atomic E-state index is 11.0. The molecule has 0 unspecified atom stereocenters. The number of carbonyl (C=O) groups excluding carboxylic acids is 1. The molecule has 82 valence electrons. The molecule has 0 atom stereocenters. The fourth-order valence-corrected chi connectivity index (χ4v) is 3.17. The molecule has 3 nitrogen and oxygen atoms in total. The quantitative estimate of drug-likeness (QED) is 0.841. The van der Waals surface area contributed by atoms with Crippen LogP contribution in [0, 0.1) is 0 Å². The van der Waals surface area contributed by atoms with E-state index in [0.29, 0.717) is 0 Å². The molecule has 0 bridgehead atoms. The van der Waals surface area contributed by atoms with Crippen LogP contribution in [0.1, 0.15) is 37.0 Å². The van der Waals surface area contributed by atoms with Gasteiger partial charge in [0.1, 0.15) is 5.60 Å². The molecular formula is C11H15NO2S. The predicted octanol–water partition coefficient (Wildman–Crippen LogP) is 3.00. The summed E-state index contributed by atoms with van der Waals surface area (Å²) >= 11 is 1.64. The van der Waals surface area contributed by atoms with E-state index >= 15 is 0 Å². The minimum atomic E-state index is -0.662. The molecule has 0 aliphatic heterocycles. The van der Waals surface area contributed by atoms with E-state index in [1.54, 1.807) is 11.3 Å². The average molecular weight is 225 g/mol. The van der Waals surface area contributed by atoms with Gasteiger partial charge in [0.05, 0.1) is 0 Å². The van der Waals surface area contributed by atoms with E-state index in [-0.39, 0.29) is 0 Å². The molecule has 0 saturated heterocycles. The number of ether oxygens (including phenoxy) is 1. The summed E-state index contributed by atoms with van der Waals surface area (Å²) in [5, 5.41) is 2.01. The summed E-state index contributed by atoms with van der Waals surface area (Å²) in [7, 11) is 0. The molecule has 1 amide bonds. The molecule has 1 aliphatic rings. The van der Waals surface area contributed by atoms with Crippen LogP contribution in [0.2, 0.25) is 0 Å². The lowest BCUT2D eigenvalue weighted by Crippen LogP contribution is -2.35. The first-order valence-corrected chi connectivity index (χ1v) is 6.13. The zero-order chi connectivity index (χ0) is 10.7. The summed E-state index contributed by atoms with van der Waals surface area (Å²) in [5.41, 5.74) is 4.73. The van der Waals surface area contributed by atoms with Crippen molar-refractivity contribution in [1.29, 1.82) is 0 Å². The Bertz CT molecular complexity index is 328. The number of hydrogen-bond acceptors (Lipinski definition) is 3. The van der Waals surface area contributed by atoms with Gasteiger partial charge < -0.3 is 10.5 Å². The Balaban J connectivity index is 2.25. The standard InChI is InChI=1S/C11H15NO2S/c12-10(13)14-11(6-2-1-3-7-11)9-5-4-8-15-9/h4-5,8H,1-3,6-7H2,(H2,12,13). The predicted molar refractivity (Wildman–Crippen MR) is 59.8 cm³/mol. The van der Waals surface area contributed by atoms with Gasteiger partial charge in [-0.05, 0) is 37.1 Å². The summed E-state index contributed by atoms with van der Waals surface area (Å²) in [6.07, 6.45) is 4.56. The molecule has 0 radical (unpaired) electrons. The third-order valence-corrected chi connectivity index (χ3v) is 3.98. The van der Waals surface area contributed by atoms with Crippen LogP contribution in [0.4, 0.5) is 4.79 Å². The van der Waals surface area contributed by atoms with Crippen molar-refractivity contribution in [3.8, 4) is 0 Å². The van der Waals surface area contributed by atoms with E-state index in [0.717, 1.165) is 30.6 Å². The van der Waals surface area contributed by atoms with Crippen molar-refractivity contribution in [2.45, 2.75) is 37.7 Å². The number of hydrogen-bond donors (Lipinski definition) is 1. The minimum absolute atomic E-state index is 0.432. The zero-order valence-corrected chi connectivity index (χ0v) is 9.39. The molecule has 0 aromatic carbocycles. The van der Waals surface area contributed by atoms with Gasteiger partial charge in [-0.1, -0.05) is 12.5 Å². The molecule has 4 heteroatoms. The van der Waals surface area contributed by atoms with Gasteiger partial charge in [0.15, 0.2) is 0 Å². The van der Waals surface area contributed by atoms with Crippen LogP contribution in [-0.2, 0) is 10.3 Å². The van der Waals surface area contributed by atoms with Crippen molar-refractivity contribution in [3.63, 3.8) is 0 Å². The third-order valence-electron chi connectivity index (χ3n) is 2.93. The number of primary amides is 1. The SMILES string of the molecule is NC(=O)OC1(c2cccs2)CCCCC1. The normalized spacial score (nSPS) is 19.7. The van der Waals surface area contributed by atoms with Gasteiger partial charge in [0.25, 0.3) is 0 Å². The van der Waals surface area contributed by atoms with E-state index in [1.165, 1.54) is 6.42 Å². The molecule has 1 heterocycles. The fraction of sp³-hybridized carbons (Fsp3) is 0.545. The highest BCUT2D eigenvalue weighted by Crippen LogP contribution is 2.42. The van der Waals surface area contributed by atoms with Crippen LogP contribution in [0.3, 0.4) is 0 Å². The van der Waals surface area contributed by atoms with Crippen LogP contribution in [0.15, 0.2) is 17.5 Å². The molecule has 1 aliphatic carbocycles. The van der Waals surface area contributed by atoms with Crippen molar-refractivity contribution >= 4 is 17.4 Å². The fourth-order valence-electron chi connectivity index (χ4n) is 2.25. The summed E-state index contributed by atoms with van der Waals surface area (Å²) < 4.78 is 5.37. The molecule has 15 heavy (non-hydrogen) atoms. The lowest BCUT2D eigenvalue weighted by molar-refractivity contribution is -0.0136. The van der Waals surface area contributed by atoms with Crippen LogP contribution in [0.5, 0.6) is 0 Å². The van der Waals surface area contributed by atoms with Gasteiger partial charge in [-0.25, -0.2) is 4.79 Å². The molecule has 2 N–H and O–H groups in total. The highest BCUT2D eigenvalue weighted by atomic mass is 32.1. The van der Waals surface area contributed by atoms with Gasteiger partial charge in [-0.3, -0.25) is 0 Å². The molecule has 1 fully saturated rings. The third kappa shape index (κ3) is 2.15. The maximum Gasteiger partial charge on any atom is 0.405 e. The largest absolute Gasteiger partial charge is 0.437 e. The van der Waals surface area contributed by atoms with Crippen molar-refractivity contribution in [2.24, 2.45) is 5.73 Å².